The Kier molecular flexibility index (Phi) is 4.63. The van der Waals surface area contributed by atoms with E-state index in [1.54, 1.807) is 0 Å². The van der Waals surface area contributed by atoms with Crippen molar-refractivity contribution in [3.8, 4) is 17.2 Å². The molecule has 2 N–H and O–H groups in total. The molecule has 0 aliphatic rings. The molecule has 1 unspecified atom stereocenters. The van der Waals surface area contributed by atoms with Gasteiger partial charge in [-0.25, -0.2) is 4.79 Å². The maximum absolute atomic E-state index is 11.3. The van der Waals surface area contributed by atoms with Crippen LogP contribution in [0.25, 0.3) is 0 Å². The van der Waals surface area contributed by atoms with Gasteiger partial charge in [-0.1, -0.05) is 11.6 Å². The maximum Gasteiger partial charge on any atom is 0.339 e. The van der Waals surface area contributed by atoms with Gasteiger partial charge in [0.15, 0.2) is 17.6 Å². The van der Waals surface area contributed by atoms with Crippen molar-refractivity contribution < 1.29 is 29.2 Å². The van der Waals surface area contributed by atoms with Crippen LogP contribution in [0.2, 0.25) is 5.02 Å². The lowest BCUT2D eigenvalue weighted by Crippen LogP contribution is -2.14. The zero-order valence-electron chi connectivity index (χ0n) is 10.1. The van der Waals surface area contributed by atoms with Gasteiger partial charge >= 0.3 is 5.97 Å². The molecule has 0 bridgehead atoms. The first-order chi connectivity index (χ1) is 8.47. The van der Waals surface area contributed by atoms with Crippen LogP contribution >= 0.6 is 11.6 Å². The molecule has 18 heavy (non-hydrogen) atoms. The molecule has 0 saturated heterocycles. The highest BCUT2D eigenvalue weighted by molar-refractivity contribution is 6.33. The summed E-state index contributed by atoms with van der Waals surface area (Å²) in [5.74, 6) is -1.05. The smallest absolute Gasteiger partial charge is 0.339 e. The molecule has 100 valence electrons. The van der Waals surface area contributed by atoms with Gasteiger partial charge in [-0.3, -0.25) is 0 Å². The molecule has 0 fully saturated rings. The molecule has 0 amide bonds. The molecular weight excluding hydrogens is 264 g/mol. The molecule has 6 nitrogen and oxygen atoms in total. The van der Waals surface area contributed by atoms with E-state index >= 15 is 0 Å². The number of ether oxygens (including phenoxy) is 3. The Labute approximate surface area is 109 Å². The lowest BCUT2D eigenvalue weighted by atomic mass is 10.1. The summed E-state index contributed by atoms with van der Waals surface area (Å²) in [6.07, 6.45) is -1.71. The molecule has 0 heterocycles. The summed E-state index contributed by atoms with van der Waals surface area (Å²) >= 11 is 5.96. The molecule has 0 spiro atoms. The summed E-state index contributed by atoms with van der Waals surface area (Å²) in [5, 5.41) is 19.4. The van der Waals surface area contributed by atoms with E-state index < -0.39 is 17.8 Å². The molecule has 0 aromatic heterocycles. The topological polar surface area (TPSA) is 85.2 Å². The zero-order chi connectivity index (χ0) is 13.9. The van der Waals surface area contributed by atoms with Crippen molar-refractivity contribution in [3.05, 3.63) is 16.7 Å². The highest BCUT2D eigenvalue weighted by Crippen LogP contribution is 2.44. The second kappa shape index (κ2) is 5.79. The quantitative estimate of drug-likeness (QED) is 0.806. The van der Waals surface area contributed by atoms with Gasteiger partial charge in [-0.05, 0) is 0 Å². The van der Waals surface area contributed by atoms with Gasteiger partial charge in [0.25, 0.3) is 0 Å². The number of phenolic OH excluding ortho intramolecular Hbond substituents is 1. The predicted octanol–water partition coefficient (Wildman–Crippen LogP) is 1.27. The third kappa shape index (κ3) is 2.44. The SMILES string of the molecule is COC(=O)C(O)c1c(O)cc(OC)c(OC)c1Cl. The van der Waals surface area contributed by atoms with E-state index in [0.29, 0.717) is 0 Å². The number of esters is 1. The minimum absolute atomic E-state index is 0.106. The number of halogens is 1. The van der Waals surface area contributed by atoms with Crippen LogP contribution in [0.4, 0.5) is 0 Å². The van der Waals surface area contributed by atoms with Gasteiger partial charge in [-0.15, -0.1) is 0 Å². The Bertz CT molecular complexity index is 459. The van der Waals surface area contributed by atoms with Gasteiger partial charge in [0.2, 0.25) is 0 Å². The molecule has 1 aromatic rings. The molecular formula is C11H13ClO6. The van der Waals surface area contributed by atoms with Crippen molar-refractivity contribution >= 4 is 17.6 Å². The first-order valence-electron chi connectivity index (χ1n) is 4.87. The highest BCUT2D eigenvalue weighted by atomic mass is 35.5. The number of aliphatic hydroxyl groups is 1. The Balaban J connectivity index is 3.41. The number of aromatic hydroxyl groups is 1. The number of carbonyl (C=O) groups is 1. The summed E-state index contributed by atoms with van der Waals surface area (Å²) in [5.41, 5.74) is -0.193. The fourth-order valence-electron chi connectivity index (χ4n) is 1.44. The van der Waals surface area contributed by atoms with Crippen molar-refractivity contribution in [3.63, 3.8) is 0 Å². The van der Waals surface area contributed by atoms with E-state index in [4.69, 9.17) is 21.1 Å². The standard InChI is InChI=1S/C11H13ClO6/c1-16-6-4-5(13)7(8(12)10(6)17-2)9(14)11(15)18-3/h4,9,13-14H,1-3H3. The van der Waals surface area contributed by atoms with Gasteiger partial charge in [0, 0.05) is 6.07 Å². The summed E-state index contributed by atoms with van der Waals surface area (Å²) in [7, 11) is 3.82. The first-order valence-corrected chi connectivity index (χ1v) is 5.24. The van der Waals surface area contributed by atoms with Crippen LogP contribution in [-0.4, -0.2) is 37.5 Å². The van der Waals surface area contributed by atoms with Crippen molar-refractivity contribution in [2.45, 2.75) is 6.10 Å². The first kappa shape index (κ1) is 14.4. The fourth-order valence-corrected chi connectivity index (χ4v) is 1.81. The molecule has 0 aliphatic carbocycles. The van der Waals surface area contributed by atoms with E-state index in [0.717, 1.165) is 7.11 Å². The number of carbonyl (C=O) groups excluding carboxylic acids is 1. The average molecular weight is 277 g/mol. The van der Waals surface area contributed by atoms with Crippen molar-refractivity contribution in [2.24, 2.45) is 0 Å². The summed E-state index contributed by atoms with van der Waals surface area (Å²) in [4.78, 5) is 11.3. The number of rotatable bonds is 4. The maximum atomic E-state index is 11.3. The van der Waals surface area contributed by atoms with Crippen LogP contribution < -0.4 is 9.47 Å². The summed E-state index contributed by atoms with van der Waals surface area (Å²) in [6.45, 7) is 0. The third-order valence-corrected chi connectivity index (χ3v) is 2.70. The molecule has 0 aliphatic heterocycles. The Morgan fingerprint density at radius 2 is 1.94 bits per heavy atom. The minimum atomic E-state index is -1.71. The summed E-state index contributed by atoms with van der Waals surface area (Å²) in [6, 6.07) is 1.19. The van der Waals surface area contributed by atoms with Gasteiger partial charge in [0.1, 0.15) is 5.75 Å². The molecule has 7 heteroatoms. The van der Waals surface area contributed by atoms with E-state index in [1.807, 2.05) is 0 Å². The normalized spacial score (nSPS) is 11.8. The number of benzene rings is 1. The van der Waals surface area contributed by atoms with E-state index in [-0.39, 0.29) is 22.1 Å². The largest absolute Gasteiger partial charge is 0.507 e. The van der Waals surface area contributed by atoms with Crippen molar-refractivity contribution in [1.29, 1.82) is 0 Å². The van der Waals surface area contributed by atoms with Crippen molar-refractivity contribution in [2.75, 3.05) is 21.3 Å². The summed E-state index contributed by atoms with van der Waals surface area (Å²) < 4.78 is 14.3. The van der Waals surface area contributed by atoms with Crippen LogP contribution in [0.15, 0.2) is 6.07 Å². The fraction of sp³-hybridized carbons (Fsp3) is 0.364. The Hall–Kier alpha value is -1.66. The second-order valence-corrected chi connectivity index (χ2v) is 3.66. The van der Waals surface area contributed by atoms with E-state index in [1.165, 1.54) is 20.3 Å². The highest BCUT2D eigenvalue weighted by Gasteiger charge is 2.28. The van der Waals surface area contributed by atoms with Crippen LogP contribution in [-0.2, 0) is 9.53 Å². The Morgan fingerprint density at radius 1 is 1.33 bits per heavy atom. The van der Waals surface area contributed by atoms with Gasteiger partial charge in [-0.2, -0.15) is 0 Å². The monoisotopic (exact) mass is 276 g/mol. The van der Waals surface area contributed by atoms with Crippen molar-refractivity contribution in [1.82, 2.24) is 0 Å². The van der Waals surface area contributed by atoms with Crippen LogP contribution in [0.5, 0.6) is 17.2 Å². The van der Waals surface area contributed by atoms with Gasteiger partial charge in [0.05, 0.1) is 31.9 Å². The number of hydrogen-bond acceptors (Lipinski definition) is 6. The molecule has 0 radical (unpaired) electrons. The predicted molar refractivity (Wildman–Crippen MR) is 63.2 cm³/mol. The van der Waals surface area contributed by atoms with Crippen LogP contribution in [0, 0.1) is 0 Å². The van der Waals surface area contributed by atoms with Crippen LogP contribution in [0.1, 0.15) is 11.7 Å². The molecule has 1 atom stereocenters. The van der Waals surface area contributed by atoms with E-state index in [9.17, 15) is 15.0 Å². The van der Waals surface area contributed by atoms with Crippen LogP contribution in [0.3, 0.4) is 0 Å². The average Bonchev–Trinajstić information content (AvgIpc) is 2.36. The lowest BCUT2D eigenvalue weighted by Gasteiger charge is -2.17. The Morgan fingerprint density at radius 3 is 2.39 bits per heavy atom. The number of methoxy groups -OCH3 is 3. The number of phenols is 1. The minimum Gasteiger partial charge on any atom is -0.507 e. The number of hydrogen-bond donors (Lipinski definition) is 2. The second-order valence-electron chi connectivity index (χ2n) is 3.28. The third-order valence-electron chi connectivity index (χ3n) is 2.33. The van der Waals surface area contributed by atoms with Gasteiger partial charge < -0.3 is 24.4 Å². The molecule has 1 rings (SSSR count). The molecule has 0 saturated carbocycles. The zero-order valence-corrected chi connectivity index (χ0v) is 10.8. The van der Waals surface area contributed by atoms with E-state index in [2.05, 4.69) is 4.74 Å². The molecule has 1 aromatic carbocycles. The number of aliphatic hydroxyl groups excluding tert-OH is 1. The lowest BCUT2D eigenvalue weighted by molar-refractivity contribution is -0.150.